The number of hydrogen-bond acceptors (Lipinski definition) is 4. The first-order valence-electron chi connectivity index (χ1n) is 10.8. The van der Waals surface area contributed by atoms with E-state index in [4.69, 9.17) is 0 Å². The molecule has 1 aliphatic carbocycles. The fraction of sp³-hybridized carbons (Fsp3) is 0.458. The molecule has 33 heavy (non-hydrogen) atoms. The fourth-order valence-corrected chi connectivity index (χ4v) is 4.38. The Morgan fingerprint density at radius 1 is 1.18 bits per heavy atom. The van der Waals surface area contributed by atoms with Crippen LogP contribution in [0.2, 0.25) is 0 Å². The quantitative estimate of drug-likeness (QED) is 0.450. The van der Waals surface area contributed by atoms with E-state index in [1.54, 1.807) is 20.9 Å². The lowest BCUT2D eigenvalue weighted by Gasteiger charge is -2.36. The molecule has 2 amide bonds. The zero-order chi connectivity index (χ0) is 24.5. The van der Waals surface area contributed by atoms with E-state index in [-0.39, 0.29) is 22.5 Å². The SMILES string of the molecule is Cc1c(C(=O)Nc2cccc(C(F)F)c2)c(C)n(C)c1C(=O)C(=O)NC1(C)CCC(O)CC1. The summed E-state index contributed by atoms with van der Waals surface area (Å²) in [6, 6.07) is 5.38. The van der Waals surface area contributed by atoms with Crippen LogP contribution in [0.5, 0.6) is 0 Å². The van der Waals surface area contributed by atoms with Gasteiger partial charge in [-0.15, -0.1) is 0 Å². The number of aliphatic hydroxyl groups is 1. The van der Waals surface area contributed by atoms with E-state index in [1.807, 2.05) is 6.92 Å². The van der Waals surface area contributed by atoms with Crippen molar-refractivity contribution in [2.45, 2.75) is 64.5 Å². The zero-order valence-electron chi connectivity index (χ0n) is 19.2. The smallest absolute Gasteiger partial charge is 0.294 e. The molecule has 0 unspecified atom stereocenters. The third kappa shape index (κ3) is 5.13. The highest BCUT2D eigenvalue weighted by Gasteiger charge is 2.35. The average Bonchev–Trinajstić information content (AvgIpc) is 2.98. The van der Waals surface area contributed by atoms with E-state index in [2.05, 4.69) is 10.6 Å². The van der Waals surface area contributed by atoms with Gasteiger partial charge >= 0.3 is 0 Å². The third-order valence-electron chi connectivity index (χ3n) is 6.45. The van der Waals surface area contributed by atoms with Gasteiger partial charge in [0.2, 0.25) is 0 Å². The van der Waals surface area contributed by atoms with Crippen molar-refractivity contribution in [1.29, 1.82) is 0 Å². The number of halogens is 2. The first kappa shape index (κ1) is 24.6. The molecule has 0 bridgehead atoms. The van der Waals surface area contributed by atoms with E-state index in [1.165, 1.54) is 28.8 Å². The van der Waals surface area contributed by atoms with E-state index in [0.29, 0.717) is 36.9 Å². The van der Waals surface area contributed by atoms with Gasteiger partial charge < -0.3 is 20.3 Å². The second-order valence-corrected chi connectivity index (χ2v) is 8.95. The van der Waals surface area contributed by atoms with Gasteiger partial charge in [-0.3, -0.25) is 14.4 Å². The lowest BCUT2D eigenvalue weighted by atomic mass is 9.82. The second-order valence-electron chi connectivity index (χ2n) is 8.95. The summed E-state index contributed by atoms with van der Waals surface area (Å²) in [4.78, 5) is 38.8. The van der Waals surface area contributed by atoms with E-state index in [9.17, 15) is 28.3 Å². The molecule has 1 aromatic carbocycles. The van der Waals surface area contributed by atoms with Gasteiger partial charge in [-0.05, 0) is 64.2 Å². The van der Waals surface area contributed by atoms with Crippen molar-refractivity contribution in [2.75, 3.05) is 5.32 Å². The van der Waals surface area contributed by atoms with Gasteiger partial charge in [0.05, 0.1) is 17.4 Å². The summed E-state index contributed by atoms with van der Waals surface area (Å²) in [5.41, 5.74) is 0.513. The van der Waals surface area contributed by atoms with Gasteiger partial charge in [-0.25, -0.2) is 8.78 Å². The number of aliphatic hydroxyl groups excluding tert-OH is 1. The number of carbonyl (C=O) groups excluding carboxylic acids is 3. The van der Waals surface area contributed by atoms with Crippen molar-refractivity contribution < 1.29 is 28.3 Å². The summed E-state index contributed by atoms with van der Waals surface area (Å²) < 4.78 is 27.4. The molecule has 9 heteroatoms. The predicted molar refractivity (Wildman–Crippen MR) is 120 cm³/mol. The number of nitrogens with zero attached hydrogens (tertiary/aromatic N) is 1. The summed E-state index contributed by atoms with van der Waals surface area (Å²) in [7, 11) is 1.59. The third-order valence-corrected chi connectivity index (χ3v) is 6.45. The summed E-state index contributed by atoms with van der Waals surface area (Å²) in [6.45, 7) is 5.08. The standard InChI is InChI=1S/C24H29F2N3O4/c1-13-18(22(32)27-16-7-5-6-15(12-16)21(25)26)14(2)29(4)19(13)20(31)23(33)28-24(3)10-8-17(30)9-11-24/h5-7,12,17,21,30H,8-11H2,1-4H3,(H,27,32)(H,28,33). The molecule has 3 N–H and O–H groups in total. The van der Waals surface area contributed by atoms with Gasteiger partial charge in [-0.1, -0.05) is 12.1 Å². The minimum atomic E-state index is -2.67. The van der Waals surface area contributed by atoms with Gasteiger partial charge in [0.15, 0.2) is 0 Å². The monoisotopic (exact) mass is 461 g/mol. The molecule has 1 saturated carbocycles. The van der Waals surface area contributed by atoms with E-state index < -0.39 is 35.7 Å². The number of hydrogen-bond donors (Lipinski definition) is 3. The number of alkyl halides is 2. The minimum Gasteiger partial charge on any atom is -0.393 e. The Morgan fingerprint density at radius 3 is 2.42 bits per heavy atom. The van der Waals surface area contributed by atoms with Gasteiger partial charge in [0.25, 0.3) is 24.0 Å². The van der Waals surface area contributed by atoms with Crippen LogP contribution in [0, 0.1) is 13.8 Å². The number of ketones is 1. The summed E-state index contributed by atoms with van der Waals surface area (Å²) in [5.74, 6) is -2.09. The fourth-order valence-electron chi connectivity index (χ4n) is 4.38. The van der Waals surface area contributed by atoms with Crippen LogP contribution in [0.15, 0.2) is 24.3 Å². The molecule has 178 valence electrons. The Balaban J connectivity index is 1.82. The number of Topliss-reactive ketones (excluding diaryl/α,β-unsaturated/α-hetero) is 1. The average molecular weight is 462 g/mol. The van der Waals surface area contributed by atoms with Crippen LogP contribution in [0.25, 0.3) is 0 Å². The Labute approximate surface area is 191 Å². The highest BCUT2D eigenvalue weighted by atomic mass is 19.3. The number of aromatic nitrogens is 1. The highest BCUT2D eigenvalue weighted by Crippen LogP contribution is 2.29. The first-order chi connectivity index (χ1) is 15.4. The summed E-state index contributed by atoms with van der Waals surface area (Å²) in [5, 5.41) is 15.1. The number of rotatable bonds is 6. The topological polar surface area (TPSA) is 100 Å². The Kier molecular flexibility index (Phi) is 7.02. The molecule has 0 atom stereocenters. The Hall–Kier alpha value is -3.07. The molecule has 1 aromatic heterocycles. The molecule has 1 heterocycles. The number of benzene rings is 1. The van der Waals surface area contributed by atoms with E-state index in [0.717, 1.165) is 0 Å². The van der Waals surface area contributed by atoms with Crippen molar-refractivity contribution in [1.82, 2.24) is 9.88 Å². The van der Waals surface area contributed by atoms with Crippen LogP contribution in [-0.2, 0) is 11.8 Å². The van der Waals surface area contributed by atoms with Crippen molar-refractivity contribution in [3.8, 4) is 0 Å². The van der Waals surface area contributed by atoms with Crippen molar-refractivity contribution in [3.05, 3.63) is 52.3 Å². The molecule has 1 aliphatic rings. The Morgan fingerprint density at radius 2 is 1.82 bits per heavy atom. The Bertz CT molecular complexity index is 1090. The van der Waals surface area contributed by atoms with Crippen molar-refractivity contribution >= 4 is 23.3 Å². The zero-order valence-corrected chi connectivity index (χ0v) is 19.2. The van der Waals surface area contributed by atoms with Crippen LogP contribution < -0.4 is 10.6 Å². The van der Waals surface area contributed by atoms with Gasteiger partial charge in [-0.2, -0.15) is 0 Å². The summed E-state index contributed by atoms with van der Waals surface area (Å²) >= 11 is 0. The number of anilines is 1. The summed E-state index contributed by atoms with van der Waals surface area (Å²) in [6.07, 6.45) is -0.854. The number of nitrogens with one attached hydrogen (secondary N) is 2. The molecule has 2 aromatic rings. The number of amides is 2. The first-order valence-corrected chi connectivity index (χ1v) is 10.8. The van der Waals surface area contributed by atoms with Crippen LogP contribution >= 0.6 is 0 Å². The number of carbonyl (C=O) groups is 3. The molecule has 1 fully saturated rings. The molecule has 0 spiro atoms. The van der Waals surface area contributed by atoms with Crippen molar-refractivity contribution in [3.63, 3.8) is 0 Å². The largest absolute Gasteiger partial charge is 0.393 e. The second kappa shape index (κ2) is 9.43. The molecular formula is C24H29F2N3O4. The van der Waals surface area contributed by atoms with Crippen LogP contribution in [0.4, 0.5) is 14.5 Å². The molecule has 3 rings (SSSR count). The molecular weight excluding hydrogens is 432 g/mol. The van der Waals surface area contributed by atoms with E-state index >= 15 is 0 Å². The maximum atomic E-state index is 13.0. The van der Waals surface area contributed by atoms with Crippen molar-refractivity contribution in [2.24, 2.45) is 7.05 Å². The lowest BCUT2D eigenvalue weighted by Crippen LogP contribution is -2.51. The molecule has 0 saturated heterocycles. The van der Waals surface area contributed by atoms with Crippen LogP contribution in [0.3, 0.4) is 0 Å². The lowest BCUT2D eigenvalue weighted by molar-refractivity contribution is -0.119. The minimum absolute atomic E-state index is 0.0934. The van der Waals surface area contributed by atoms with Gasteiger partial charge in [0, 0.05) is 29.5 Å². The van der Waals surface area contributed by atoms with Crippen LogP contribution in [-0.4, -0.2) is 38.9 Å². The maximum absolute atomic E-state index is 13.0. The molecule has 7 nitrogen and oxygen atoms in total. The highest BCUT2D eigenvalue weighted by molar-refractivity contribution is 6.43. The molecule has 0 radical (unpaired) electrons. The maximum Gasteiger partial charge on any atom is 0.294 e. The van der Waals surface area contributed by atoms with Gasteiger partial charge in [0.1, 0.15) is 0 Å². The molecule has 0 aliphatic heterocycles. The normalized spacial score (nSPS) is 20.5. The van der Waals surface area contributed by atoms with Crippen LogP contribution in [0.1, 0.15) is 76.7 Å². The predicted octanol–water partition coefficient (Wildman–Crippen LogP) is 3.82.